The fourth-order valence-corrected chi connectivity index (χ4v) is 3.10. The predicted octanol–water partition coefficient (Wildman–Crippen LogP) is 2.59. The van der Waals surface area contributed by atoms with E-state index in [0.29, 0.717) is 23.1 Å². The number of aryl methyl sites for hydroxylation is 1. The number of carbonyl (C=O) groups excluding carboxylic acids is 2. The van der Waals surface area contributed by atoms with E-state index in [9.17, 15) is 9.59 Å². The van der Waals surface area contributed by atoms with Crippen LogP contribution in [0.25, 0.3) is 0 Å². The number of thiazole rings is 1. The van der Waals surface area contributed by atoms with Gasteiger partial charge in [0.15, 0.2) is 11.2 Å². The minimum absolute atomic E-state index is 0.137. The number of anilines is 2. The molecule has 0 spiro atoms. The van der Waals surface area contributed by atoms with Crippen molar-refractivity contribution < 1.29 is 14.3 Å². The van der Waals surface area contributed by atoms with E-state index in [1.807, 2.05) is 36.6 Å². The number of rotatable bonds is 4. The second-order valence-corrected chi connectivity index (χ2v) is 6.17. The topological polar surface area (TPSA) is 71.5 Å². The highest BCUT2D eigenvalue weighted by Gasteiger charge is 2.31. The van der Waals surface area contributed by atoms with Crippen molar-refractivity contribution >= 4 is 34.0 Å². The summed E-state index contributed by atoms with van der Waals surface area (Å²) in [6, 6.07) is 7.35. The summed E-state index contributed by atoms with van der Waals surface area (Å²) in [5.74, 6) is 0.362. The number of nitrogens with zero attached hydrogens (tertiary/aromatic N) is 2. The monoisotopic (exact) mass is 331 g/mol. The van der Waals surface area contributed by atoms with Crippen molar-refractivity contribution in [2.24, 2.45) is 0 Å². The zero-order valence-electron chi connectivity index (χ0n) is 12.9. The van der Waals surface area contributed by atoms with Gasteiger partial charge in [-0.05, 0) is 26.0 Å². The molecule has 0 bridgehead atoms. The van der Waals surface area contributed by atoms with Gasteiger partial charge in [0.05, 0.1) is 11.4 Å². The Balaban J connectivity index is 1.67. The van der Waals surface area contributed by atoms with Gasteiger partial charge in [0.2, 0.25) is 5.91 Å². The van der Waals surface area contributed by atoms with Gasteiger partial charge < -0.3 is 15.0 Å². The van der Waals surface area contributed by atoms with E-state index < -0.39 is 6.10 Å². The Morgan fingerprint density at radius 2 is 2.22 bits per heavy atom. The first-order valence-corrected chi connectivity index (χ1v) is 8.21. The molecule has 120 valence electrons. The number of hydrogen-bond acceptors (Lipinski definition) is 5. The largest absolute Gasteiger partial charge is 0.479 e. The summed E-state index contributed by atoms with van der Waals surface area (Å²) in [4.78, 5) is 30.2. The van der Waals surface area contributed by atoms with Crippen molar-refractivity contribution in [1.29, 1.82) is 0 Å². The van der Waals surface area contributed by atoms with Crippen LogP contribution in [0.3, 0.4) is 0 Å². The predicted molar refractivity (Wildman–Crippen MR) is 89.0 cm³/mol. The molecule has 2 amide bonds. The Bertz CT molecular complexity index is 744. The minimum Gasteiger partial charge on any atom is -0.479 e. The van der Waals surface area contributed by atoms with Crippen molar-refractivity contribution in [1.82, 2.24) is 4.98 Å². The molecule has 0 radical (unpaired) electrons. The van der Waals surface area contributed by atoms with E-state index in [-0.39, 0.29) is 18.2 Å². The van der Waals surface area contributed by atoms with Crippen LogP contribution in [0.15, 0.2) is 29.6 Å². The van der Waals surface area contributed by atoms with E-state index in [4.69, 9.17) is 4.74 Å². The molecule has 0 fully saturated rings. The molecule has 1 N–H and O–H groups in total. The molecule has 3 rings (SSSR count). The molecule has 2 heterocycles. The summed E-state index contributed by atoms with van der Waals surface area (Å²) >= 11 is 1.39. The molecule has 1 aromatic heterocycles. The fraction of sp³-hybridized carbons (Fsp3) is 0.312. The second kappa shape index (κ2) is 6.37. The quantitative estimate of drug-likeness (QED) is 0.935. The lowest BCUT2D eigenvalue weighted by molar-refractivity contribution is -0.125. The zero-order chi connectivity index (χ0) is 16.4. The van der Waals surface area contributed by atoms with Crippen molar-refractivity contribution in [3.63, 3.8) is 0 Å². The molecule has 1 atom stereocenters. The third-order valence-corrected chi connectivity index (χ3v) is 4.38. The van der Waals surface area contributed by atoms with Gasteiger partial charge >= 0.3 is 0 Å². The van der Waals surface area contributed by atoms with Crippen LogP contribution < -0.4 is 15.0 Å². The average molecular weight is 331 g/mol. The minimum atomic E-state index is -0.547. The standard InChI is InChI=1S/C16H17N3O3S/c1-10-9-23-16(17-10)18-14(20)7-8-19-12-5-3-4-6-13(12)22-11(2)15(19)21/h3-6,9,11H,7-8H2,1-2H3,(H,17,18,20)/t11-/m1/s1. The molecule has 2 aromatic rings. The molecule has 23 heavy (non-hydrogen) atoms. The smallest absolute Gasteiger partial charge is 0.267 e. The number of hydrogen-bond donors (Lipinski definition) is 1. The average Bonchev–Trinajstić information content (AvgIpc) is 2.93. The number of amides is 2. The van der Waals surface area contributed by atoms with Crippen molar-refractivity contribution in [2.75, 3.05) is 16.8 Å². The SMILES string of the molecule is Cc1csc(NC(=O)CCN2C(=O)[C@@H](C)Oc3ccccc32)n1. The number of aromatic nitrogens is 1. The lowest BCUT2D eigenvalue weighted by Gasteiger charge is -2.32. The summed E-state index contributed by atoms with van der Waals surface area (Å²) in [5.41, 5.74) is 1.57. The maximum atomic E-state index is 12.3. The van der Waals surface area contributed by atoms with Crippen LogP contribution in [0.2, 0.25) is 0 Å². The van der Waals surface area contributed by atoms with Crippen molar-refractivity contribution in [2.45, 2.75) is 26.4 Å². The Labute approximate surface area is 138 Å². The van der Waals surface area contributed by atoms with Crippen molar-refractivity contribution in [3.05, 3.63) is 35.3 Å². The Morgan fingerprint density at radius 3 is 2.96 bits per heavy atom. The first kappa shape index (κ1) is 15.5. The molecule has 1 aliphatic rings. The molecule has 7 heteroatoms. The highest BCUT2D eigenvalue weighted by Crippen LogP contribution is 2.33. The van der Waals surface area contributed by atoms with E-state index in [1.54, 1.807) is 11.8 Å². The zero-order valence-corrected chi connectivity index (χ0v) is 13.7. The number of para-hydroxylation sites is 2. The molecular formula is C16H17N3O3S. The van der Waals surface area contributed by atoms with E-state index in [2.05, 4.69) is 10.3 Å². The highest BCUT2D eigenvalue weighted by molar-refractivity contribution is 7.13. The highest BCUT2D eigenvalue weighted by atomic mass is 32.1. The lowest BCUT2D eigenvalue weighted by atomic mass is 10.1. The molecular weight excluding hydrogens is 314 g/mol. The van der Waals surface area contributed by atoms with Gasteiger partial charge in [0.25, 0.3) is 5.91 Å². The Hall–Kier alpha value is -2.41. The van der Waals surface area contributed by atoms with Gasteiger partial charge in [-0.25, -0.2) is 4.98 Å². The van der Waals surface area contributed by atoms with Crippen LogP contribution in [0, 0.1) is 6.92 Å². The fourth-order valence-electron chi connectivity index (χ4n) is 2.40. The molecule has 1 aromatic carbocycles. The number of fused-ring (bicyclic) bond motifs is 1. The van der Waals surface area contributed by atoms with Gasteiger partial charge in [0.1, 0.15) is 5.75 Å². The maximum Gasteiger partial charge on any atom is 0.267 e. The molecule has 0 aliphatic carbocycles. The summed E-state index contributed by atoms with van der Waals surface area (Å²) in [7, 11) is 0. The summed E-state index contributed by atoms with van der Waals surface area (Å²) in [6.07, 6.45) is -0.347. The molecule has 0 unspecified atom stereocenters. The number of ether oxygens (including phenoxy) is 1. The summed E-state index contributed by atoms with van der Waals surface area (Å²) in [6.45, 7) is 3.89. The van der Waals surface area contributed by atoms with Crippen LogP contribution in [-0.4, -0.2) is 29.4 Å². The third kappa shape index (κ3) is 3.34. The summed E-state index contributed by atoms with van der Waals surface area (Å²) in [5, 5.41) is 5.20. The molecule has 1 aliphatic heterocycles. The van der Waals surface area contributed by atoms with Crippen LogP contribution >= 0.6 is 11.3 Å². The van der Waals surface area contributed by atoms with E-state index in [0.717, 1.165) is 5.69 Å². The Kier molecular flexibility index (Phi) is 4.29. The second-order valence-electron chi connectivity index (χ2n) is 5.31. The van der Waals surface area contributed by atoms with Crippen LogP contribution in [0.1, 0.15) is 19.0 Å². The maximum absolute atomic E-state index is 12.3. The number of benzene rings is 1. The summed E-state index contributed by atoms with van der Waals surface area (Å²) < 4.78 is 5.58. The molecule has 0 saturated carbocycles. The lowest BCUT2D eigenvalue weighted by Crippen LogP contribution is -2.45. The molecule has 0 saturated heterocycles. The van der Waals surface area contributed by atoms with Gasteiger partial charge in [-0.2, -0.15) is 0 Å². The van der Waals surface area contributed by atoms with E-state index in [1.165, 1.54) is 11.3 Å². The van der Waals surface area contributed by atoms with Gasteiger partial charge in [-0.15, -0.1) is 11.3 Å². The first-order chi connectivity index (χ1) is 11.0. The van der Waals surface area contributed by atoms with E-state index >= 15 is 0 Å². The van der Waals surface area contributed by atoms with Gasteiger partial charge in [-0.3, -0.25) is 9.59 Å². The normalized spacial score (nSPS) is 16.7. The van der Waals surface area contributed by atoms with Crippen molar-refractivity contribution in [3.8, 4) is 5.75 Å². The number of nitrogens with one attached hydrogen (secondary N) is 1. The molecule has 6 nitrogen and oxygen atoms in total. The number of carbonyl (C=O) groups is 2. The Morgan fingerprint density at radius 1 is 1.43 bits per heavy atom. The van der Waals surface area contributed by atoms with Crippen LogP contribution in [-0.2, 0) is 9.59 Å². The third-order valence-electron chi connectivity index (χ3n) is 3.50. The van der Waals surface area contributed by atoms with Crippen LogP contribution in [0.5, 0.6) is 5.75 Å². The van der Waals surface area contributed by atoms with Gasteiger partial charge in [0, 0.05) is 18.3 Å². The first-order valence-electron chi connectivity index (χ1n) is 7.33. The van der Waals surface area contributed by atoms with Crippen LogP contribution in [0.4, 0.5) is 10.8 Å². The van der Waals surface area contributed by atoms with Gasteiger partial charge in [-0.1, -0.05) is 12.1 Å².